The first-order valence-electron chi connectivity index (χ1n) is 5.23. The molecule has 4 nitrogen and oxygen atoms in total. The molecular weight excluding hydrogens is 286 g/mol. The van der Waals surface area contributed by atoms with Crippen molar-refractivity contribution in [1.82, 2.24) is 0 Å². The van der Waals surface area contributed by atoms with Crippen LogP contribution in [0.15, 0.2) is 35.5 Å². The molecule has 0 N–H and O–H groups in total. The number of halogens is 1. The molecule has 17 heavy (non-hydrogen) atoms. The van der Waals surface area contributed by atoms with Gasteiger partial charge in [0.05, 0.1) is 11.9 Å². The first-order chi connectivity index (χ1) is 8.27. The van der Waals surface area contributed by atoms with Crippen molar-refractivity contribution in [3.8, 4) is 0 Å². The summed E-state index contributed by atoms with van der Waals surface area (Å²) in [5.74, 6) is -0.461. The SMILES string of the molecule is CCOC(=O)C(CBr)=NOCc1ccccc1. The Bertz CT molecular complexity index is 379. The Kier molecular flexibility index (Phi) is 6.32. The Balaban J connectivity index is 2.48. The van der Waals surface area contributed by atoms with Crippen molar-refractivity contribution in [3.63, 3.8) is 0 Å². The molecule has 92 valence electrons. The smallest absolute Gasteiger partial charge is 0.356 e. The molecule has 0 aromatic heterocycles. The summed E-state index contributed by atoms with van der Waals surface area (Å²) in [6, 6.07) is 9.61. The van der Waals surface area contributed by atoms with Gasteiger partial charge in [0.15, 0.2) is 5.71 Å². The van der Waals surface area contributed by atoms with Crippen LogP contribution >= 0.6 is 15.9 Å². The van der Waals surface area contributed by atoms with Gasteiger partial charge in [0.1, 0.15) is 6.61 Å². The first kappa shape index (κ1) is 13.7. The number of carbonyl (C=O) groups excluding carboxylic acids is 1. The molecule has 0 saturated heterocycles. The lowest BCUT2D eigenvalue weighted by Gasteiger charge is -2.03. The van der Waals surface area contributed by atoms with E-state index in [9.17, 15) is 4.79 Å². The van der Waals surface area contributed by atoms with Crippen molar-refractivity contribution in [2.45, 2.75) is 13.5 Å². The van der Waals surface area contributed by atoms with Crippen LogP contribution in [0.25, 0.3) is 0 Å². The van der Waals surface area contributed by atoms with E-state index in [1.54, 1.807) is 6.92 Å². The molecule has 1 aromatic carbocycles. The van der Waals surface area contributed by atoms with Crippen molar-refractivity contribution in [3.05, 3.63) is 35.9 Å². The summed E-state index contributed by atoms with van der Waals surface area (Å²) in [7, 11) is 0. The Morgan fingerprint density at radius 3 is 2.65 bits per heavy atom. The Labute approximate surface area is 109 Å². The average Bonchev–Trinajstić information content (AvgIpc) is 2.36. The predicted octanol–water partition coefficient (Wildman–Crippen LogP) is 2.52. The minimum atomic E-state index is -0.461. The molecule has 0 aliphatic carbocycles. The van der Waals surface area contributed by atoms with Crippen molar-refractivity contribution in [2.24, 2.45) is 5.16 Å². The van der Waals surface area contributed by atoms with Crippen molar-refractivity contribution in [1.29, 1.82) is 0 Å². The summed E-state index contributed by atoms with van der Waals surface area (Å²) in [4.78, 5) is 16.5. The standard InChI is InChI=1S/C12H14BrNO3/c1-2-16-12(15)11(8-13)14-17-9-10-6-4-3-5-7-10/h3-7H,2,8-9H2,1H3. The molecule has 0 fully saturated rings. The minimum absolute atomic E-state index is 0.225. The zero-order valence-electron chi connectivity index (χ0n) is 9.56. The number of alkyl halides is 1. The van der Waals surface area contributed by atoms with Crippen LogP contribution in [0.4, 0.5) is 0 Å². The lowest BCUT2D eigenvalue weighted by molar-refractivity contribution is -0.135. The fraction of sp³-hybridized carbons (Fsp3) is 0.333. The predicted molar refractivity (Wildman–Crippen MR) is 69.1 cm³/mol. The number of hydrogen-bond acceptors (Lipinski definition) is 4. The Morgan fingerprint density at radius 2 is 2.06 bits per heavy atom. The largest absolute Gasteiger partial charge is 0.461 e. The van der Waals surface area contributed by atoms with E-state index < -0.39 is 5.97 Å². The molecule has 0 amide bonds. The number of nitrogens with zero attached hydrogens (tertiary/aromatic N) is 1. The molecule has 0 spiro atoms. The molecule has 0 heterocycles. The second kappa shape index (κ2) is 7.84. The molecule has 0 aliphatic rings. The molecule has 0 radical (unpaired) electrons. The first-order valence-corrected chi connectivity index (χ1v) is 6.36. The van der Waals surface area contributed by atoms with E-state index in [2.05, 4.69) is 21.1 Å². The summed E-state index contributed by atoms with van der Waals surface area (Å²) < 4.78 is 4.82. The monoisotopic (exact) mass is 299 g/mol. The van der Waals surface area contributed by atoms with Gasteiger partial charge in [-0.05, 0) is 12.5 Å². The van der Waals surface area contributed by atoms with Gasteiger partial charge in [0.25, 0.3) is 0 Å². The number of esters is 1. The van der Waals surface area contributed by atoms with E-state index in [0.717, 1.165) is 5.56 Å². The molecule has 0 unspecified atom stereocenters. The van der Waals surface area contributed by atoms with Crippen LogP contribution in [0, 0.1) is 0 Å². The molecule has 0 saturated carbocycles. The molecular formula is C12H14BrNO3. The van der Waals surface area contributed by atoms with E-state index in [4.69, 9.17) is 9.57 Å². The molecule has 0 atom stereocenters. The molecule has 0 bridgehead atoms. The summed E-state index contributed by atoms with van der Waals surface area (Å²) in [6.45, 7) is 2.40. The third-order valence-electron chi connectivity index (χ3n) is 1.89. The topological polar surface area (TPSA) is 47.9 Å². The number of benzene rings is 1. The Morgan fingerprint density at radius 1 is 1.35 bits per heavy atom. The van der Waals surface area contributed by atoms with Crippen LogP contribution in [0.2, 0.25) is 0 Å². The van der Waals surface area contributed by atoms with Crippen LogP contribution in [0.5, 0.6) is 0 Å². The fourth-order valence-corrected chi connectivity index (χ4v) is 1.42. The van der Waals surface area contributed by atoms with Crippen LogP contribution in [-0.2, 0) is 21.0 Å². The second-order valence-corrected chi connectivity index (χ2v) is 3.71. The lowest BCUT2D eigenvalue weighted by atomic mass is 10.2. The highest BCUT2D eigenvalue weighted by molar-refractivity contribution is 9.09. The normalized spacial score (nSPS) is 11.1. The Hall–Kier alpha value is -1.36. The minimum Gasteiger partial charge on any atom is -0.461 e. The van der Waals surface area contributed by atoms with Crippen molar-refractivity contribution < 1.29 is 14.4 Å². The zero-order chi connectivity index (χ0) is 12.5. The summed E-state index contributed by atoms with van der Waals surface area (Å²) >= 11 is 3.16. The van der Waals surface area contributed by atoms with Gasteiger partial charge in [0, 0.05) is 0 Å². The maximum atomic E-state index is 11.4. The van der Waals surface area contributed by atoms with Gasteiger partial charge in [-0.3, -0.25) is 0 Å². The maximum absolute atomic E-state index is 11.4. The highest BCUT2D eigenvalue weighted by Crippen LogP contribution is 2.01. The summed E-state index contributed by atoms with van der Waals surface area (Å²) in [6.07, 6.45) is 0. The molecule has 1 rings (SSSR count). The van der Waals surface area contributed by atoms with Gasteiger partial charge in [-0.2, -0.15) is 0 Å². The second-order valence-electron chi connectivity index (χ2n) is 3.15. The number of ether oxygens (including phenoxy) is 1. The van der Waals surface area contributed by atoms with Crippen molar-refractivity contribution >= 4 is 27.6 Å². The fourth-order valence-electron chi connectivity index (χ4n) is 1.09. The number of rotatable bonds is 6. The van der Waals surface area contributed by atoms with Gasteiger partial charge in [-0.1, -0.05) is 51.4 Å². The lowest BCUT2D eigenvalue weighted by Crippen LogP contribution is -2.19. The number of carbonyl (C=O) groups is 1. The van der Waals surface area contributed by atoms with Crippen LogP contribution in [0.3, 0.4) is 0 Å². The average molecular weight is 300 g/mol. The van der Waals surface area contributed by atoms with E-state index in [1.165, 1.54) is 0 Å². The van der Waals surface area contributed by atoms with E-state index in [-0.39, 0.29) is 5.71 Å². The van der Waals surface area contributed by atoms with Gasteiger partial charge in [0.2, 0.25) is 0 Å². The summed E-state index contributed by atoms with van der Waals surface area (Å²) in [5.41, 5.74) is 1.22. The van der Waals surface area contributed by atoms with E-state index >= 15 is 0 Å². The third-order valence-corrected chi connectivity index (χ3v) is 2.42. The molecule has 5 heteroatoms. The highest BCUT2D eigenvalue weighted by atomic mass is 79.9. The van der Waals surface area contributed by atoms with Gasteiger partial charge in [-0.15, -0.1) is 0 Å². The van der Waals surface area contributed by atoms with Gasteiger partial charge < -0.3 is 9.57 Å². The van der Waals surface area contributed by atoms with Crippen LogP contribution in [-0.4, -0.2) is 23.6 Å². The van der Waals surface area contributed by atoms with E-state index in [1.807, 2.05) is 30.3 Å². The van der Waals surface area contributed by atoms with E-state index in [0.29, 0.717) is 18.5 Å². The number of hydrogen-bond donors (Lipinski definition) is 0. The number of oxime groups is 1. The molecule has 0 aliphatic heterocycles. The van der Waals surface area contributed by atoms with Gasteiger partial charge >= 0.3 is 5.97 Å². The zero-order valence-corrected chi connectivity index (χ0v) is 11.1. The van der Waals surface area contributed by atoms with Crippen LogP contribution in [0.1, 0.15) is 12.5 Å². The highest BCUT2D eigenvalue weighted by Gasteiger charge is 2.11. The van der Waals surface area contributed by atoms with Crippen LogP contribution < -0.4 is 0 Å². The maximum Gasteiger partial charge on any atom is 0.356 e. The van der Waals surface area contributed by atoms with Crippen molar-refractivity contribution in [2.75, 3.05) is 11.9 Å². The quantitative estimate of drug-likeness (QED) is 0.351. The van der Waals surface area contributed by atoms with Gasteiger partial charge in [-0.25, -0.2) is 4.79 Å². The third kappa shape index (κ3) is 4.99. The summed E-state index contributed by atoms with van der Waals surface area (Å²) in [5, 5.41) is 4.06. The molecule has 1 aromatic rings.